The Morgan fingerprint density at radius 1 is 0.545 bits per heavy atom. The quantitative estimate of drug-likeness (QED) is 0.109. The molecule has 6 nitrogen and oxygen atoms in total. The maximum absolute atomic E-state index is 7.75. The Kier molecular flexibility index (Phi) is 44.2. The molecule has 0 N–H and O–H groups in total. The zero-order valence-electron chi connectivity index (χ0n) is 23.2. The predicted octanol–water partition coefficient (Wildman–Crippen LogP) is 8.36. The fourth-order valence-electron chi connectivity index (χ4n) is 2.64. The van der Waals surface area contributed by atoms with Gasteiger partial charge in [0.2, 0.25) is 0 Å². The fourth-order valence-corrected chi connectivity index (χ4v) is 2.64. The van der Waals surface area contributed by atoms with Gasteiger partial charge in [-0.2, -0.15) is 0 Å². The van der Waals surface area contributed by atoms with Gasteiger partial charge in [-0.3, -0.25) is 13.6 Å². The summed E-state index contributed by atoms with van der Waals surface area (Å²) in [5.74, 6) is 0. The molecule has 0 radical (unpaired) electrons. The van der Waals surface area contributed by atoms with Crippen LogP contribution in [0.25, 0.3) is 21.3 Å². The van der Waals surface area contributed by atoms with Gasteiger partial charge >= 0.3 is 19.5 Å². The first kappa shape index (κ1) is 42.9. The van der Waals surface area contributed by atoms with E-state index in [0.717, 1.165) is 25.7 Å². The molecule has 0 saturated carbocycles. The standard InChI is InChI=1S/2C12H26N2.2CHO.Ru/c2*1-6-8-9-12(13-10(3)4)14-11(5)7-2;2*1-2;/h2*10-12H,6-9H2,1-5H3;2*1H;/q2*-2;2*-1;+6. The van der Waals surface area contributed by atoms with Gasteiger partial charge in [-0.1, -0.05) is 121 Å². The topological polar surface area (TPSA) is 90.5 Å². The summed E-state index contributed by atoms with van der Waals surface area (Å²) in [6.07, 6.45) is 9.92. The summed E-state index contributed by atoms with van der Waals surface area (Å²) in [7, 11) is 0. The number of rotatable bonds is 16. The molecular weight excluding hydrogens is 501 g/mol. The van der Waals surface area contributed by atoms with E-state index in [1.54, 1.807) is 0 Å². The normalized spacial score (nSPS) is 13.7. The Morgan fingerprint density at radius 3 is 1.00 bits per heavy atom. The van der Waals surface area contributed by atoms with Crippen molar-refractivity contribution in [2.45, 2.75) is 157 Å². The van der Waals surface area contributed by atoms with Gasteiger partial charge in [0.1, 0.15) is 0 Å². The van der Waals surface area contributed by atoms with E-state index in [0.29, 0.717) is 24.2 Å². The second kappa shape index (κ2) is 34.0. The first-order valence-corrected chi connectivity index (χ1v) is 12.5. The van der Waals surface area contributed by atoms with Gasteiger partial charge in [0.25, 0.3) is 0 Å². The van der Waals surface area contributed by atoms with E-state index < -0.39 is 0 Å². The molecule has 0 aliphatic heterocycles. The minimum Gasteiger partial charge on any atom is -0.676 e. The van der Waals surface area contributed by atoms with Crippen molar-refractivity contribution >= 4 is 13.6 Å². The molecule has 4 unspecified atom stereocenters. The van der Waals surface area contributed by atoms with Crippen LogP contribution in [0.5, 0.6) is 0 Å². The van der Waals surface area contributed by atoms with Crippen LogP contribution in [0, 0.1) is 0 Å². The first-order chi connectivity index (χ1) is 15.2. The van der Waals surface area contributed by atoms with Gasteiger partial charge < -0.3 is 30.9 Å². The van der Waals surface area contributed by atoms with Crippen LogP contribution in [0.3, 0.4) is 0 Å². The van der Waals surface area contributed by atoms with Crippen molar-refractivity contribution in [1.29, 1.82) is 0 Å². The third-order valence-electron chi connectivity index (χ3n) is 4.61. The summed E-state index contributed by atoms with van der Waals surface area (Å²) in [5, 5.41) is 18.7. The second-order valence-corrected chi connectivity index (χ2v) is 8.54. The van der Waals surface area contributed by atoms with E-state index in [9.17, 15) is 0 Å². The van der Waals surface area contributed by atoms with Crippen molar-refractivity contribution in [3.63, 3.8) is 0 Å². The van der Waals surface area contributed by atoms with Gasteiger partial charge in [-0.25, -0.2) is 12.3 Å². The summed E-state index contributed by atoms with van der Waals surface area (Å²) in [5.41, 5.74) is 0. The summed E-state index contributed by atoms with van der Waals surface area (Å²) < 4.78 is 0. The van der Waals surface area contributed by atoms with Crippen molar-refractivity contribution in [2.75, 3.05) is 0 Å². The van der Waals surface area contributed by atoms with Gasteiger partial charge in [0.05, 0.1) is 0 Å². The minimum atomic E-state index is 0. The molecule has 0 bridgehead atoms. The molecule has 0 heterocycles. The predicted molar refractivity (Wildman–Crippen MR) is 143 cm³/mol. The second-order valence-electron chi connectivity index (χ2n) is 8.54. The van der Waals surface area contributed by atoms with Crippen LogP contribution in [-0.2, 0) is 29.1 Å². The Balaban J connectivity index is -0.000000134. The molecule has 0 fully saturated rings. The number of hydrogen-bond donors (Lipinski definition) is 0. The molecule has 4 atom stereocenters. The van der Waals surface area contributed by atoms with Gasteiger partial charge in [0, 0.05) is 0 Å². The summed E-state index contributed by atoms with van der Waals surface area (Å²) >= 11 is 0. The molecular formula is C26H54N4O2Ru. The van der Waals surface area contributed by atoms with Crippen LogP contribution in [-0.4, -0.2) is 50.1 Å². The van der Waals surface area contributed by atoms with Crippen molar-refractivity contribution in [2.24, 2.45) is 0 Å². The van der Waals surface area contributed by atoms with E-state index in [-0.39, 0.29) is 31.8 Å². The molecule has 198 valence electrons. The maximum atomic E-state index is 7.75. The van der Waals surface area contributed by atoms with E-state index in [4.69, 9.17) is 20.2 Å². The van der Waals surface area contributed by atoms with Crippen molar-refractivity contribution < 1.29 is 29.1 Å². The van der Waals surface area contributed by atoms with Gasteiger partial charge in [-0.15, -0.1) is 24.2 Å². The third kappa shape index (κ3) is 36.5. The maximum Gasteiger partial charge on any atom is 6.00 e. The fraction of sp³-hybridized carbons (Fsp3) is 0.923. The largest absolute Gasteiger partial charge is 6.00 e. The molecule has 0 aromatic rings. The van der Waals surface area contributed by atoms with Crippen molar-refractivity contribution in [3.8, 4) is 0 Å². The monoisotopic (exact) mass is 556 g/mol. The van der Waals surface area contributed by atoms with Crippen molar-refractivity contribution in [1.82, 2.24) is 0 Å². The van der Waals surface area contributed by atoms with E-state index in [2.05, 4.69) is 93.4 Å². The Morgan fingerprint density at radius 2 is 0.818 bits per heavy atom. The molecule has 0 aliphatic carbocycles. The van der Waals surface area contributed by atoms with Crippen LogP contribution in [0.1, 0.15) is 121 Å². The Hall–Kier alpha value is -0.197. The average Bonchev–Trinajstić information content (AvgIpc) is 2.78. The summed E-state index contributed by atoms with van der Waals surface area (Å²) in [6.45, 7) is 28.2. The molecule has 0 amide bonds. The van der Waals surface area contributed by atoms with Crippen LogP contribution < -0.4 is 0 Å². The zero-order valence-corrected chi connectivity index (χ0v) is 25.0. The number of carbonyl (C=O) groups excluding carboxylic acids is 2. The first-order valence-electron chi connectivity index (χ1n) is 12.5. The van der Waals surface area contributed by atoms with E-state index in [1.807, 2.05) is 0 Å². The van der Waals surface area contributed by atoms with Gasteiger partial charge in [-0.05, 0) is 0 Å². The number of hydrogen-bond acceptors (Lipinski definition) is 2. The molecule has 7 heteroatoms. The van der Waals surface area contributed by atoms with Crippen molar-refractivity contribution in [3.05, 3.63) is 21.3 Å². The zero-order chi connectivity index (χ0) is 25.9. The van der Waals surface area contributed by atoms with Crippen LogP contribution in [0.15, 0.2) is 0 Å². The van der Waals surface area contributed by atoms with Crippen LogP contribution >= 0.6 is 0 Å². The van der Waals surface area contributed by atoms with Crippen LogP contribution in [0.4, 0.5) is 0 Å². The van der Waals surface area contributed by atoms with E-state index in [1.165, 1.54) is 25.7 Å². The average molecular weight is 556 g/mol. The molecule has 33 heavy (non-hydrogen) atoms. The summed E-state index contributed by atoms with van der Waals surface area (Å²) in [4.78, 5) is 15.5. The number of nitrogens with zero attached hydrogens (tertiary/aromatic N) is 4. The SMILES string of the molecule is CCCCC([N-]C(C)C)[N-]C(C)CC.CCCCC([N-]C(C)C)[N-]C(C)CC.[CH-]=O.[CH-]=O.[Ru+6]. The van der Waals surface area contributed by atoms with Gasteiger partial charge in [0.15, 0.2) is 0 Å². The molecule has 0 aliphatic rings. The van der Waals surface area contributed by atoms with E-state index >= 15 is 0 Å². The molecule has 0 saturated heterocycles. The molecule has 0 rings (SSSR count). The molecule has 0 spiro atoms. The molecule has 0 aromatic heterocycles. The summed E-state index contributed by atoms with van der Waals surface area (Å²) in [6, 6.07) is 1.73. The Labute approximate surface area is 220 Å². The Bertz CT molecular complexity index is 318. The number of unbranched alkanes of at least 4 members (excludes halogenated alkanes) is 2. The van der Waals surface area contributed by atoms with Crippen LogP contribution in [0.2, 0.25) is 0 Å². The minimum absolute atomic E-state index is 0. The smallest absolute Gasteiger partial charge is 0.676 e. The molecule has 0 aromatic carbocycles. The third-order valence-corrected chi connectivity index (χ3v) is 4.61.